The first-order chi connectivity index (χ1) is 21.5. The zero-order chi connectivity index (χ0) is 36.1. The molecule has 0 bridgehead atoms. The zero-order valence-electron chi connectivity index (χ0n) is 30.4. The Labute approximate surface area is 280 Å². The minimum Gasteiger partial charge on any atom is -0.458 e. The number of amides is 5. The van der Waals surface area contributed by atoms with Gasteiger partial charge >= 0.3 is 12.0 Å². The van der Waals surface area contributed by atoms with E-state index in [0.717, 1.165) is 12.8 Å². The molecule has 1 saturated carbocycles. The number of ketones is 1. The van der Waals surface area contributed by atoms with Crippen molar-refractivity contribution in [3.63, 3.8) is 0 Å². The molecule has 2 rings (SSSR count). The Kier molecular flexibility index (Phi) is 13.2. The highest BCUT2D eigenvalue weighted by Gasteiger charge is 2.47. The molecule has 0 aromatic heterocycles. The molecule has 5 atom stereocenters. The third-order valence-electron chi connectivity index (χ3n) is 8.56. The molecule has 1 aliphatic carbocycles. The van der Waals surface area contributed by atoms with Gasteiger partial charge in [0.05, 0.1) is 6.04 Å². The molecule has 0 radical (unpaired) electrons. The fraction of sp³-hybridized carbons (Fsp3) is 0.771. The summed E-state index contributed by atoms with van der Waals surface area (Å²) in [6, 6.07) is -4.70. The normalized spacial score (nSPS) is 20.5. The van der Waals surface area contributed by atoms with Crippen molar-refractivity contribution >= 4 is 35.5 Å². The molecule has 266 valence electrons. The number of urea groups is 1. The van der Waals surface area contributed by atoms with Crippen LogP contribution in [0.2, 0.25) is 0 Å². The van der Waals surface area contributed by atoms with E-state index in [2.05, 4.69) is 27.8 Å². The number of likely N-dealkylation sites (tertiary alicyclic amines) is 1. The van der Waals surface area contributed by atoms with Gasteiger partial charge in [-0.2, -0.15) is 0 Å². The lowest BCUT2D eigenvalue weighted by Gasteiger charge is -2.37. The van der Waals surface area contributed by atoms with Crippen LogP contribution in [0, 0.1) is 28.6 Å². The van der Waals surface area contributed by atoms with Crippen molar-refractivity contribution in [2.45, 2.75) is 132 Å². The van der Waals surface area contributed by atoms with Gasteiger partial charge in [0.1, 0.15) is 23.7 Å². The molecule has 0 aromatic carbocycles. The van der Waals surface area contributed by atoms with E-state index in [0.29, 0.717) is 12.8 Å². The van der Waals surface area contributed by atoms with Gasteiger partial charge in [0.2, 0.25) is 17.6 Å². The summed E-state index contributed by atoms with van der Waals surface area (Å²) in [6.45, 7) is 24.1. The second-order valence-corrected chi connectivity index (χ2v) is 16.6. The number of Topliss-reactive ketones (excluding diaryl/α,β-unsaturated/α-hetero) is 1. The van der Waals surface area contributed by atoms with E-state index in [4.69, 9.17) is 4.74 Å². The minimum absolute atomic E-state index is 0.00458. The Hall–Kier alpha value is -3.44. The van der Waals surface area contributed by atoms with Crippen LogP contribution in [0.25, 0.3) is 0 Å². The van der Waals surface area contributed by atoms with E-state index in [1.165, 1.54) is 11.0 Å². The van der Waals surface area contributed by atoms with Gasteiger partial charge in [-0.15, -0.1) is 6.58 Å². The molecule has 12 heteroatoms. The maximum atomic E-state index is 14.3. The molecule has 5 amide bonds. The average molecular weight is 662 g/mol. The third kappa shape index (κ3) is 11.9. The second kappa shape index (κ2) is 15.6. The Bertz CT molecular complexity index is 1190. The molecule has 0 aromatic rings. The van der Waals surface area contributed by atoms with Gasteiger partial charge in [0.25, 0.3) is 5.91 Å². The monoisotopic (exact) mass is 661 g/mol. The molecule has 1 unspecified atom stereocenters. The van der Waals surface area contributed by atoms with Gasteiger partial charge in [-0.1, -0.05) is 74.3 Å². The van der Waals surface area contributed by atoms with Crippen LogP contribution in [0.4, 0.5) is 4.79 Å². The number of nitrogens with one attached hydrogen (secondary N) is 4. The van der Waals surface area contributed by atoms with Crippen molar-refractivity contribution in [2.75, 3.05) is 13.1 Å². The molecule has 1 aliphatic heterocycles. The summed E-state index contributed by atoms with van der Waals surface area (Å²) in [5.41, 5.74) is -2.23. The first-order valence-corrected chi connectivity index (χ1v) is 16.8. The lowest BCUT2D eigenvalue weighted by Crippen LogP contribution is -2.62. The van der Waals surface area contributed by atoms with Gasteiger partial charge in [-0.05, 0) is 62.2 Å². The summed E-state index contributed by atoms with van der Waals surface area (Å²) < 4.78 is 5.56. The number of carbonyl (C=O) groups is 6. The molecule has 47 heavy (non-hydrogen) atoms. The highest BCUT2D eigenvalue weighted by molar-refractivity contribution is 6.38. The maximum absolute atomic E-state index is 14.3. The highest BCUT2D eigenvalue weighted by atomic mass is 16.6. The van der Waals surface area contributed by atoms with Crippen molar-refractivity contribution in [3.8, 4) is 0 Å². The Morgan fingerprint density at radius 2 is 1.43 bits per heavy atom. The van der Waals surface area contributed by atoms with Crippen LogP contribution in [0.5, 0.6) is 0 Å². The van der Waals surface area contributed by atoms with E-state index >= 15 is 0 Å². The first-order valence-electron chi connectivity index (χ1n) is 16.8. The van der Waals surface area contributed by atoms with Gasteiger partial charge in [-0.25, -0.2) is 9.59 Å². The van der Waals surface area contributed by atoms with E-state index < -0.39 is 76.1 Å². The fourth-order valence-electron chi connectivity index (χ4n) is 5.55. The summed E-state index contributed by atoms with van der Waals surface area (Å²) in [4.78, 5) is 81.7. The molecule has 1 heterocycles. The lowest BCUT2D eigenvalue weighted by atomic mass is 9.85. The molecular formula is C35H59N5O7. The Balaban J connectivity index is 2.33. The highest BCUT2D eigenvalue weighted by Crippen LogP contribution is 2.35. The molecule has 0 spiro atoms. The van der Waals surface area contributed by atoms with E-state index in [1.54, 1.807) is 41.5 Å². The second-order valence-electron chi connectivity index (χ2n) is 16.6. The summed E-state index contributed by atoms with van der Waals surface area (Å²) >= 11 is 0. The Morgan fingerprint density at radius 1 is 0.872 bits per heavy atom. The van der Waals surface area contributed by atoms with E-state index in [1.807, 2.05) is 34.6 Å². The predicted molar refractivity (Wildman–Crippen MR) is 180 cm³/mol. The van der Waals surface area contributed by atoms with Gasteiger partial charge < -0.3 is 30.9 Å². The van der Waals surface area contributed by atoms with Crippen molar-refractivity contribution in [3.05, 3.63) is 12.7 Å². The molecule has 4 N–H and O–H groups in total. The van der Waals surface area contributed by atoms with Crippen LogP contribution in [0.3, 0.4) is 0 Å². The fourth-order valence-corrected chi connectivity index (χ4v) is 5.55. The molecular weight excluding hydrogens is 602 g/mol. The SMILES string of the molecule is C=CCNC(=O)C(=O)C(CC1CC1)NC(=O)[C@@H]1C[C@@H](C(C)C)CN1C(=O)[C@@H](NC(=O)N[C@H](C(=O)OC(C)(C)C)C(C)(C)C)C(C)(C)C. The number of rotatable bonds is 13. The van der Waals surface area contributed by atoms with Crippen LogP contribution in [-0.4, -0.2) is 83.3 Å². The quantitative estimate of drug-likeness (QED) is 0.133. The third-order valence-corrected chi connectivity index (χ3v) is 8.56. The topological polar surface area (TPSA) is 163 Å². The van der Waals surface area contributed by atoms with Crippen LogP contribution < -0.4 is 21.3 Å². The minimum atomic E-state index is -1.06. The smallest absolute Gasteiger partial charge is 0.329 e. The standard InChI is InChI=1S/C35H59N5O7/c1-13-16-36-29(43)25(41)23(17-21-14-15-21)37-28(42)24-18-22(20(2)3)19-40(24)30(44)26(33(4,5)6)38-32(46)39-27(34(7,8)9)31(45)47-35(10,11)12/h13,20-24,26-27H,1,14-19H2,2-12H3,(H,36,43)(H,37,42)(H2,38,39,46)/t22-,23?,24+,26-,27-/m1/s1. The van der Waals surface area contributed by atoms with Crippen molar-refractivity contribution in [1.29, 1.82) is 0 Å². The molecule has 12 nitrogen and oxygen atoms in total. The number of esters is 1. The van der Waals surface area contributed by atoms with Crippen molar-refractivity contribution in [2.24, 2.45) is 28.6 Å². The zero-order valence-corrected chi connectivity index (χ0v) is 30.4. The maximum Gasteiger partial charge on any atom is 0.329 e. The van der Waals surface area contributed by atoms with Gasteiger partial charge in [-0.3, -0.25) is 19.2 Å². The van der Waals surface area contributed by atoms with E-state index in [-0.39, 0.29) is 30.8 Å². The number of nitrogens with zero attached hydrogens (tertiary/aromatic N) is 1. The lowest BCUT2D eigenvalue weighted by molar-refractivity contribution is -0.160. The summed E-state index contributed by atoms with van der Waals surface area (Å²) in [5.74, 6) is -2.68. The molecule has 1 saturated heterocycles. The number of carbonyl (C=O) groups excluding carboxylic acids is 6. The van der Waals surface area contributed by atoms with Crippen LogP contribution >= 0.6 is 0 Å². The van der Waals surface area contributed by atoms with Gasteiger partial charge in [0, 0.05) is 13.1 Å². The number of hydrogen-bond acceptors (Lipinski definition) is 7. The number of ether oxygens (including phenoxy) is 1. The summed E-state index contributed by atoms with van der Waals surface area (Å²) in [5, 5.41) is 10.8. The summed E-state index contributed by atoms with van der Waals surface area (Å²) in [7, 11) is 0. The molecule has 2 aliphatic rings. The van der Waals surface area contributed by atoms with Crippen LogP contribution in [0.1, 0.15) is 102 Å². The average Bonchev–Trinajstić information content (AvgIpc) is 3.62. The largest absolute Gasteiger partial charge is 0.458 e. The molecule has 2 fully saturated rings. The van der Waals surface area contributed by atoms with E-state index in [9.17, 15) is 28.8 Å². The van der Waals surface area contributed by atoms with Crippen molar-refractivity contribution < 1.29 is 33.5 Å². The predicted octanol–water partition coefficient (Wildman–Crippen LogP) is 3.49. The van der Waals surface area contributed by atoms with Crippen molar-refractivity contribution in [1.82, 2.24) is 26.2 Å². The first kappa shape index (κ1) is 39.7. The van der Waals surface area contributed by atoms with Crippen LogP contribution in [-0.2, 0) is 28.7 Å². The summed E-state index contributed by atoms with van der Waals surface area (Å²) in [6.07, 6.45) is 4.02. The number of hydrogen-bond donors (Lipinski definition) is 4. The van der Waals surface area contributed by atoms with Gasteiger partial charge in [0.15, 0.2) is 0 Å². The Morgan fingerprint density at radius 3 is 1.89 bits per heavy atom. The van der Waals surface area contributed by atoms with Crippen LogP contribution in [0.15, 0.2) is 12.7 Å².